The standard InChI is InChI=1S/C12H16N4O2/c1-4-15-7-10(6-13-15)8-16-11(17)5-9(2)14-12(16)18-3/h5-7H,4,8H2,1-3H3. The summed E-state index contributed by atoms with van der Waals surface area (Å²) in [5.74, 6) is 0. The molecule has 0 saturated heterocycles. The lowest BCUT2D eigenvalue weighted by Crippen LogP contribution is -2.23. The first-order chi connectivity index (χ1) is 8.63. The number of aryl methyl sites for hydroxylation is 2. The maximum Gasteiger partial charge on any atom is 0.299 e. The van der Waals surface area contributed by atoms with E-state index < -0.39 is 0 Å². The molecule has 96 valence electrons. The van der Waals surface area contributed by atoms with Crippen LogP contribution in [-0.4, -0.2) is 26.4 Å². The van der Waals surface area contributed by atoms with Crippen LogP contribution >= 0.6 is 0 Å². The number of methoxy groups -OCH3 is 1. The van der Waals surface area contributed by atoms with Crippen LogP contribution in [-0.2, 0) is 13.1 Å². The van der Waals surface area contributed by atoms with Crippen molar-refractivity contribution in [2.45, 2.75) is 26.9 Å². The van der Waals surface area contributed by atoms with Crippen LogP contribution in [0.5, 0.6) is 6.01 Å². The SMILES string of the molecule is CCn1cc(Cn2c(OC)nc(C)cc2=O)cn1. The number of aromatic nitrogens is 4. The largest absolute Gasteiger partial charge is 0.468 e. The second-order valence-electron chi connectivity index (χ2n) is 4.01. The first-order valence-corrected chi connectivity index (χ1v) is 5.78. The molecule has 0 fully saturated rings. The van der Waals surface area contributed by atoms with Gasteiger partial charge in [-0.1, -0.05) is 0 Å². The molecule has 18 heavy (non-hydrogen) atoms. The summed E-state index contributed by atoms with van der Waals surface area (Å²) in [6.45, 7) is 4.99. The van der Waals surface area contributed by atoms with Gasteiger partial charge in [0.15, 0.2) is 0 Å². The van der Waals surface area contributed by atoms with E-state index in [0.29, 0.717) is 18.2 Å². The summed E-state index contributed by atoms with van der Waals surface area (Å²) in [5.41, 5.74) is 1.48. The molecule has 2 aromatic heterocycles. The molecule has 2 rings (SSSR count). The highest BCUT2D eigenvalue weighted by molar-refractivity contribution is 5.12. The van der Waals surface area contributed by atoms with Gasteiger partial charge in [-0.2, -0.15) is 5.10 Å². The van der Waals surface area contributed by atoms with Crippen molar-refractivity contribution in [2.24, 2.45) is 0 Å². The van der Waals surface area contributed by atoms with Crippen molar-refractivity contribution in [3.05, 3.63) is 40.1 Å². The van der Waals surface area contributed by atoms with Gasteiger partial charge in [-0.15, -0.1) is 0 Å². The van der Waals surface area contributed by atoms with Crippen LogP contribution in [0.4, 0.5) is 0 Å². The lowest BCUT2D eigenvalue weighted by Gasteiger charge is -2.09. The summed E-state index contributed by atoms with van der Waals surface area (Å²) in [6.07, 6.45) is 3.65. The van der Waals surface area contributed by atoms with Gasteiger partial charge in [-0.25, -0.2) is 4.98 Å². The fraction of sp³-hybridized carbons (Fsp3) is 0.417. The minimum atomic E-state index is -0.122. The van der Waals surface area contributed by atoms with E-state index in [2.05, 4.69) is 10.1 Å². The first-order valence-electron chi connectivity index (χ1n) is 5.78. The molecular formula is C12H16N4O2. The Hall–Kier alpha value is -2.11. The Bertz CT molecular complexity index is 600. The van der Waals surface area contributed by atoms with Crippen LogP contribution in [0.15, 0.2) is 23.3 Å². The van der Waals surface area contributed by atoms with Crippen molar-refractivity contribution in [3.8, 4) is 6.01 Å². The molecule has 6 heteroatoms. The molecule has 0 saturated carbocycles. The first kappa shape index (κ1) is 12.3. The fourth-order valence-electron chi connectivity index (χ4n) is 1.74. The summed E-state index contributed by atoms with van der Waals surface area (Å²) in [6, 6.07) is 1.82. The maximum absolute atomic E-state index is 11.9. The molecule has 0 unspecified atom stereocenters. The quantitative estimate of drug-likeness (QED) is 0.804. The van der Waals surface area contributed by atoms with Gasteiger partial charge in [-0.3, -0.25) is 14.0 Å². The van der Waals surface area contributed by atoms with Gasteiger partial charge in [0, 0.05) is 30.1 Å². The van der Waals surface area contributed by atoms with Gasteiger partial charge >= 0.3 is 0 Å². The van der Waals surface area contributed by atoms with E-state index in [4.69, 9.17) is 4.74 Å². The number of nitrogens with zero attached hydrogens (tertiary/aromatic N) is 4. The molecule has 2 heterocycles. The average molecular weight is 248 g/mol. The molecule has 0 spiro atoms. The Labute approximate surface area is 105 Å². The summed E-state index contributed by atoms with van der Waals surface area (Å²) in [4.78, 5) is 16.1. The van der Waals surface area contributed by atoms with Gasteiger partial charge in [0.25, 0.3) is 11.6 Å². The van der Waals surface area contributed by atoms with Crippen LogP contribution < -0.4 is 10.3 Å². The Morgan fingerprint density at radius 1 is 1.44 bits per heavy atom. The average Bonchev–Trinajstić information content (AvgIpc) is 2.80. The Balaban J connectivity index is 2.36. The summed E-state index contributed by atoms with van der Waals surface area (Å²) in [5, 5.41) is 4.17. The molecule has 0 aliphatic heterocycles. The second kappa shape index (κ2) is 5.03. The van der Waals surface area contributed by atoms with Crippen molar-refractivity contribution < 1.29 is 4.74 Å². The van der Waals surface area contributed by atoms with Crippen molar-refractivity contribution in [1.82, 2.24) is 19.3 Å². The van der Waals surface area contributed by atoms with E-state index in [0.717, 1.165) is 12.1 Å². The zero-order chi connectivity index (χ0) is 13.1. The normalized spacial score (nSPS) is 10.6. The fourth-order valence-corrected chi connectivity index (χ4v) is 1.74. The molecule has 0 N–H and O–H groups in total. The van der Waals surface area contributed by atoms with Crippen molar-refractivity contribution in [2.75, 3.05) is 7.11 Å². The molecule has 0 aliphatic carbocycles. The van der Waals surface area contributed by atoms with Gasteiger partial charge in [0.05, 0.1) is 19.9 Å². The smallest absolute Gasteiger partial charge is 0.299 e. The lowest BCUT2D eigenvalue weighted by atomic mass is 10.3. The Morgan fingerprint density at radius 3 is 2.83 bits per heavy atom. The van der Waals surface area contributed by atoms with E-state index >= 15 is 0 Å². The number of hydrogen-bond donors (Lipinski definition) is 0. The molecule has 6 nitrogen and oxygen atoms in total. The van der Waals surface area contributed by atoms with Crippen molar-refractivity contribution >= 4 is 0 Å². The third kappa shape index (κ3) is 2.42. The topological polar surface area (TPSA) is 61.9 Å². The molecule has 0 bridgehead atoms. The predicted octanol–water partition coefficient (Wildman–Crippen LogP) is 0.825. The summed E-state index contributed by atoms with van der Waals surface area (Å²) >= 11 is 0. The van der Waals surface area contributed by atoms with Gasteiger partial charge < -0.3 is 4.74 Å². The van der Waals surface area contributed by atoms with Crippen LogP contribution in [0.25, 0.3) is 0 Å². The molecule has 0 atom stereocenters. The molecule has 0 aliphatic rings. The van der Waals surface area contributed by atoms with Crippen molar-refractivity contribution in [3.63, 3.8) is 0 Å². The number of rotatable bonds is 4. The monoisotopic (exact) mass is 248 g/mol. The Kier molecular flexibility index (Phi) is 3.45. The van der Waals surface area contributed by atoms with Crippen LogP contribution in [0.3, 0.4) is 0 Å². The molecule has 0 radical (unpaired) electrons. The van der Waals surface area contributed by atoms with Gasteiger partial charge in [0.1, 0.15) is 0 Å². The molecule has 2 aromatic rings. The third-order valence-corrected chi connectivity index (χ3v) is 2.64. The van der Waals surface area contributed by atoms with Crippen LogP contribution in [0.1, 0.15) is 18.2 Å². The van der Waals surface area contributed by atoms with Crippen molar-refractivity contribution in [1.29, 1.82) is 0 Å². The highest BCUT2D eigenvalue weighted by Crippen LogP contribution is 2.08. The highest BCUT2D eigenvalue weighted by Gasteiger charge is 2.09. The van der Waals surface area contributed by atoms with E-state index in [-0.39, 0.29) is 5.56 Å². The van der Waals surface area contributed by atoms with Crippen LogP contribution in [0.2, 0.25) is 0 Å². The zero-order valence-corrected chi connectivity index (χ0v) is 10.8. The van der Waals surface area contributed by atoms with Crippen LogP contribution in [0, 0.1) is 6.92 Å². The third-order valence-electron chi connectivity index (χ3n) is 2.64. The Morgan fingerprint density at radius 2 is 2.22 bits per heavy atom. The second-order valence-corrected chi connectivity index (χ2v) is 4.01. The number of hydrogen-bond acceptors (Lipinski definition) is 4. The van der Waals surface area contributed by atoms with E-state index in [9.17, 15) is 4.79 Å². The molecule has 0 amide bonds. The van der Waals surface area contributed by atoms with E-state index in [1.165, 1.54) is 17.7 Å². The minimum Gasteiger partial charge on any atom is -0.468 e. The van der Waals surface area contributed by atoms with E-state index in [1.54, 1.807) is 13.1 Å². The predicted molar refractivity (Wildman–Crippen MR) is 66.8 cm³/mol. The zero-order valence-electron chi connectivity index (χ0n) is 10.8. The summed E-state index contributed by atoms with van der Waals surface area (Å²) in [7, 11) is 1.51. The molecular weight excluding hydrogens is 232 g/mol. The lowest BCUT2D eigenvalue weighted by molar-refractivity contribution is 0.350. The summed E-state index contributed by atoms with van der Waals surface area (Å²) < 4.78 is 8.44. The highest BCUT2D eigenvalue weighted by atomic mass is 16.5. The van der Waals surface area contributed by atoms with E-state index in [1.807, 2.05) is 17.8 Å². The molecule has 0 aromatic carbocycles. The minimum absolute atomic E-state index is 0.122. The van der Waals surface area contributed by atoms with Gasteiger partial charge in [0.2, 0.25) is 0 Å². The number of ether oxygens (including phenoxy) is 1. The van der Waals surface area contributed by atoms with Gasteiger partial charge in [-0.05, 0) is 13.8 Å². The maximum atomic E-state index is 11.9.